The van der Waals surface area contributed by atoms with Crippen LogP contribution in [-0.2, 0) is 0 Å². The standard InChI is InChI=1S/C10H12N2O/c11-6-2-1-3-9-4-5-10(8-13)12-7-9/h1,3-5,7-8H,2,6,11H2. The topological polar surface area (TPSA) is 56.0 Å². The van der Waals surface area contributed by atoms with E-state index in [0.29, 0.717) is 12.2 Å². The van der Waals surface area contributed by atoms with Crippen LogP contribution in [-0.4, -0.2) is 17.8 Å². The summed E-state index contributed by atoms with van der Waals surface area (Å²) < 4.78 is 0. The van der Waals surface area contributed by atoms with Crippen molar-refractivity contribution in [1.82, 2.24) is 4.98 Å². The lowest BCUT2D eigenvalue weighted by atomic mass is 10.2. The van der Waals surface area contributed by atoms with Gasteiger partial charge in [0.1, 0.15) is 5.69 Å². The molecule has 0 aliphatic heterocycles. The summed E-state index contributed by atoms with van der Waals surface area (Å²) in [5, 5.41) is 0. The summed E-state index contributed by atoms with van der Waals surface area (Å²) in [4.78, 5) is 14.2. The van der Waals surface area contributed by atoms with Crippen molar-refractivity contribution in [2.75, 3.05) is 6.54 Å². The molecule has 0 bridgehead atoms. The first-order valence-corrected chi connectivity index (χ1v) is 4.14. The first kappa shape index (κ1) is 9.61. The van der Waals surface area contributed by atoms with Gasteiger partial charge in [-0.2, -0.15) is 0 Å². The van der Waals surface area contributed by atoms with Crippen LogP contribution in [0.2, 0.25) is 0 Å². The third kappa shape index (κ3) is 3.17. The van der Waals surface area contributed by atoms with Crippen molar-refractivity contribution in [1.29, 1.82) is 0 Å². The molecule has 3 nitrogen and oxygen atoms in total. The second-order valence-electron chi connectivity index (χ2n) is 2.61. The molecule has 0 amide bonds. The van der Waals surface area contributed by atoms with E-state index < -0.39 is 0 Å². The SMILES string of the molecule is NCCC=Cc1ccc(C=O)nc1. The number of aromatic nitrogens is 1. The number of carbonyl (C=O) groups is 1. The molecule has 1 aromatic heterocycles. The number of aldehydes is 1. The number of carbonyl (C=O) groups excluding carboxylic acids is 1. The summed E-state index contributed by atoms with van der Waals surface area (Å²) in [6.07, 6.45) is 7.17. The minimum Gasteiger partial charge on any atom is -0.330 e. The Labute approximate surface area is 77.3 Å². The molecule has 68 valence electrons. The van der Waals surface area contributed by atoms with Gasteiger partial charge in [-0.3, -0.25) is 9.78 Å². The van der Waals surface area contributed by atoms with Gasteiger partial charge >= 0.3 is 0 Å². The molecule has 2 N–H and O–H groups in total. The Morgan fingerprint density at radius 3 is 2.85 bits per heavy atom. The van der Waals surface area contributed by atoms with Gasteiger partial charge in [0.25, 0.3) is 0 Å². The molecule has 0 aromatic carbocycles. The predicted octanol–water partition coefficient (Wildman–Crippen LogP) is 1.26. The van der Waals surface area contributed by atoms with Crippen LogP contribution in [0.5, 0.6) is 0 Å². The van der Waals surface area contributed by atoms with E-state index >= 15 is 0 Å². The summed E-state index contributed by atoms with van der Waals surface area (Å²) >= 11 is 0. The molecule has 0 spiro atoms. The lowest BCUT2D eigenvalue weighted by Gasteiger charge is -1.92. The normalized spacial score (nSPS) is 10.5. The molecule has 0 radical (unpaired) electrons. The van der Waals surface area contributed by atoms with Crippen LogP contribution in [0.1, 0.15) is 22.5 Å². The number of hydrogen-bond donors (Lipinski definition) is 1. The van der Waals surface area contributed by atoms with Gasteiger partial charge < -0.3 is 5.73 Å². The highest BCUT2D eigenvalue weighted by molar-refractivity contribution is 5.71. The van der Waals surface area contributed by atoms with Crippen molar-refractivity contribution in [2.24, 2.45) is 5.73 Å². The molecule has 1 heterocycles. The minimum atomic E-state index is 0.455. The van der Waals surface area contributed by atoms with Crippen LogP contribution in [0.25, 0.3) is 6.08 Å². The molecule has 3 heteroatoms. The molecule has 13 heavy (non-hydrogen) atoms. The van der Waals surface area contributed by atoms with Crippen LogP contribution >= 0.6 is 0 Å². The second-order valence-corrected chi connectivity index (χ2v) is 2.61. The van der Waals surface area contributed by atoms with Crippen molar-refractivity contribution in [3.63, 3.8) is 0 Å². The zero-order valence-electron chi connectivity index (χ0n) is 7.31. The molecule has 0 saturated heterocycles. The Morgan fingerprint density at radius 1 is 1.46 bits per heavy atom. The van der Waals surface area contributed by atoms with Gasteiger partial charge in [-0.15, -0.1) is 0 Å². The number of nitrogens with two attached hydrogens (primary N) is 1. The highest BCUT2D eigenvalue weighted by Crippen LogP contribution is 2.01. The number of nitrogens with zero attached hydrogens (tertiary/aromatic N) is 1. The lowest BCUT2D eigenvalue weighted by Crippen LogP contribution is -1.95. The molecular formula is C10H12N2O. The van der Waals surface area contributed by atoms with Crippen molar-refractivity contribution in [3.8, 4) is 0 Å². The summed E-state index contributed by atoms with van der Waals surface area (Å²) in [6.45, 7) is 0.649. The quantitative estimate of drug-likeness (QED) is 0.702. The minimum absolute atomic E-state index is 0.455. The number of rotatable bonds is 4. The molecule has 1 aromatic rings. The Bertz CT molecular complexity index is 290. The largest absolute Gasteiger partial charge is 0.330 e. The van der Waals surface area contributed by atoms with E-state index in [1.807, 2.05) is 18.2 Å². The summed E-state index contributed by atoms with van der Waals surface area (Å²) in [7, 11) is 0. The molecule has 0 fully saturated rings. The summed E-state index contributed by atoms with van der Waals surface area (Å²) in [6, 6.07) is 3.54. The molecule has 0 unspecified atom stereocenters. The molecule has 0 saturated carbocycles. The zero-order valence-corrected chi connectivity index (χ0v) is 7.31. The second kappa shape index (κ2) is 5.22. The fraction of sp³-hybridized carbons (Fsp3) is 0.200. The first-order chi connectivity index (χ1) is 6.36. The zero-order chi connectivity index (χ0) is 9.52. The maximum absolute atomic E-state index is 10.3. The fourth-order valence-corrected chi connectivity index (χ4v) is 0.901. The van der Waals surface area contributed by atoms with E-state index in [4.69, 9.17) is 5.73 Å². The van der Waals surface area contributed by atoms with Crippen LogP contribution < -0.4 is 5.73 Å². The van der Waals surface area contributed by atoms with Crippen molar-refractivity contribution < 1.29 is 4.79 Å². The van der Waals surface area contributed by atoms with Crippen LogP contribution in [0.4, 0.5) is 0 Å². The Hall–Kier alpha value is -1.48. The molecule has 0 atom stereocenters. The van der Waals surface area contributed by atoms with Gasteiger partial charge in [-0.05, 0) is 24.6 Å². The van der Waals surface area contributed by atoms with E-state index in [2.05, 4.69) is 4.98 Å². The summed E-state index contributed by atoms with van der Waals surface area (Å²) in [5.41, 5.74) is 6.76. The average molecular weight is 176 g/mol. The fourth-order valence-electron chi connectivity index (χ4n) is 0.901. The molecule has 0 aliphatic rings. The van der Waals surface area contributed by atoms with Crippen molar-refractivity contribution in [3.05, 3.63) is 35.7 Å². The van der Waals surface area contributed by atoms with Crippen LogP contribution in [0.15, 0.2) is 24.4 Å². The molecule has 1 rings (SSSR count). The van der Waals surface area contributed by atoms with Gasteiger partial charge in [0.05, 0.1) is 0 Å². The number of hydrogen-bond acceptors (Lipinski definition) is 3. The van der Waals surface area contributed by atoms with E-state index in [9.17, 15) is 4.79 Å². The maximum atomic E-state index is 10.3. The van der Waals surface area contributed by atoms with Crippen LogP contribution in [0.3, 0.4) is 0 Å². The average Bonchev–Trinajstić information content (AvgIpc) is 2.19. The van der Waals surface area contributed by atoms with E-state index in [1.165, 1.54) is 0 Å². The van der Waals surface area contributed by atoms with Gasteiger partial charge in [0.2, 0.25) is 0 Å². The van der Waals surface area contributed by atoms with Gasteiger partial charge in [-0.25, -0.2) is 0 Å². The van der Waals surface area contributed by atoms with Crippen molar-refractivity contribution in [2.45, 2.75) is 6.42 Å². The van der Waals surface area contributed by atoms with E-state index in [-0.39, 0.29) is 0 Å². The van der Waals surface area contributed by atoms with E-state index in [0.717, 1.165) is 18.3 Å². The Balaban J connectivity index is 2.63. The Kier molecular flexibility index (Phi) is 3.85. The predicted molar refractivity (Wildman–Crippen MR) is 52.3 cm³/mol. The van der Waals surface area contributed by atoms with Gasteiger partial charge in [0, 0.05) is 6.20 Å². The third-order valence-corrected chi connectivity index (χ3v) is 1.57. The van der Waals surface area contributed by atoms with E-state index in [1.54, 1.807) is 12.3 Å². The third-order valence-electron chi connectivity index (χ3n) is 1.57. The monoisotopic (exact) mass is 176 g/mol. The lowest BCUT2D eigenvalue weighted by molar-refractivity contribution is 0.111. The highest BCUT2D eigenvalue weighted by Gasteiger charge is 1.89. The smallest absolute Gasteiger partial charge is 0.168 e. The highest BCUT2D eigenvalue weighted by atomic mass is 16.1. The first-order valence-electron chi connectivity index (χ1n) is 4.14. The number of pyridine rings is 1. The van der Waals surface area contributed by atoms with Crippen LogP contribution in [0, 0.1) is 0 Å². The van der Waals surface area contributed by atoms with Gasteiger partial charge in [-0.1, -0.05) is 18.2 Å². The van der Waals surface area contributed by atoms with Crippen molar-refractivity contribution >= 4 is 12.4 Å². The maximum Gasteiger partial charge on any atom is 0.168 e. The molecule has 0 aliphatic carbocycles. The molecular weight excluding hydrogens is 164 g/mol. The Morgan fingerprint density at radius 2 is 2.31 bits per heavy atom. The van der Waals surface area contributed by atoms with Gasteiger partial charge in [0.15, 0.2) is 6.29 Å². The summed E-state index contributed by atoms with van der Waals surface area (Å²) in [5.74, 6) is 0.